The Labute approximate surface area is 98.2 Å². The number of alkyl halides is 1. The summed E-state index contributed by atoms with van der Waals surface area (Å²) in [6, 6.07) is 0.176. The number of halogens is 1. The Balaban J connectivity index is 2.23. The van der Waals surface area contributed by atoms with E-state index < -0.39 is 0 Å². The fourth-order valence-corrected chi connectivity index (χ4v) is 2.94. The van der Waals surface area contributed by atoms with Crippen LogP contribution in [0.1, 0.15) is 26.2 Å². The standard InChI is InChI=1S/C11H15BrN2O/c1-7(15)14-11-4-2-3-8-9(11)5-13-6-10(8)12/h5,10-11H,2-4,6H2,1H3,(H,14,15). The molecule has 4 heteroatoms. The highest BCUT2D eigenvalue weighted by molar-refractivity contribution is 9.09. The molecule has 3 nitrogen and oxygen atoms in total. The second-order valence-electron chi connectivity index (χ2n) is 4.09. The number of carbonyl (C=O) groups excluding carboxylic acids is 1. The number of nitrogens with zero attached hydrogens (tertiary/aromatic N) is 1. The average Bonchev–Trinajstić information content (AvgIpc) is 2.19. The first-order chi connectivity index (χ1) is 7.18. The van der Waals surface area contributed by atoms with E-state index in [9.17, 15) is 4.79 Å². The van der Waals surface area contributed by atoms with Crippen molar-refractivity contribution in [3.8, 4) is 0 Å². The molecule has 82 valence electrons. The van der Waals surface area contributed by atoms with E-state index in [0.29, 0.717) is 4.83 Å². The van der Waals surface area contributed by atoms with E-state index in [1.165, 1.54) is 11.1 Å². The summed E-state index contributed by atoms with van der Waals surface area (Å²) in [6.07, 6.45) is 5.25. The first kappa shape index (κ1) is 10.9. The lowest BCUT2D eigenvalue weighted by atomic mass is 9.85. The number of nitrogens with one attached hydrogen (secondary N) is 1. The largest absolute Gasteiger partial charge is 0.349 e. The van der Waals surface area contributed by atoms with E-state index in [-0.39, 0.29) is 11.9 Å². The Morgan fingerprint density at radius 1 is 1.67 bits per heavy atom. The molecule has 1 aliphatic heterocycles. The average molecular weight is 271 g/mol. The molecule has 2 atom stereocenters. The summed E-state index contributed by atoms with van der Waals surface area (Å²) in [7, 11) is 0. The van der Waals surface area contributed by atoms with Crippen LogP contribution < -0.4 is 5.32 Å². The lowest BCUT2D eigenvalue weighted by Gasteiger charge is -2.31. The lowest BCUT2D eigenvalue weighted by molar-refractivity contribution is -0.119. The Morgan fingerprint density at radius 2 is 2.47 bits per heavy atom. The van der Waals surface area contributed by atoms with Gasteiger partial charge in [0.1, 0.15) is 0 Å². The molecule has 2 rings (SSSR count). The first-order valence-corrected chi connectivity index (χ1v) is 6.24. The minimum Gasteiger partial charge on any atom is -0.349 e. The molecule has 15 heavy (non-hydrogen) atoms. The number of hydrogen-bond donors (Lipinski definition) is 1. The van der Waals surface area contributed by atoms with E-state index in [1.54, 1.807) is 6.92 Å². The molecule has 0 radical (unpaired) electrons. The van der Waals surface area contributed by atoms with Gasteiger partial charge in [-0.2, -0.15) is 0 Å². The Kier molecular flexibility index (Phi) is 3.24. The zero-order chi connectivity index (χ0) is 10.8. The molecule has 0 aromatic rings. The molecule has 1 amide bonds. The number of rotatable bonds is 1. The van der Waals surface area contributed by atoms with Crippen LogP contribution in [0.15, 0.2) is 16.1 Å². The molecule has 0 aromatic heterocycles. The quantitative estimate of drug-likeness (QED) is 0.726. The van der Waals surface area contributed by atoms with Crippen molar-refractivity contribution in [2.75, 3.05) is 6.54 Å². The van der Waals surface area contributed by atoms with E-state index in [1.807, 2.05) is 6.21 Å². The molecular weight excluding hydrogens is 256 g/mol. The summed E-state index contributed by atoms with van der Waals surface area (Å²) >= 11 is 3.64. The molecule has 2 unspecified atom stereocenters. The van der Waals surface area contributed by atoms with Crippen LogP contribution in [-0.2, 0) is 4.79 Å². The van der Waals surface area contributed by atoms with Gasteiger partial charge in [0.05, 0.1) is 17.4 Å². The second-order valence-corrected chi connectivity index (χ2v) is 5.19. The van der Waals surface area contributed by atoms with E-state index in [2.05, 4.69) is 26.2 Å². The van der Waals surface area contributed by atoms with E-state index in [4.69, 9.17) is 0 Å². The van der Waals surface area contributed by atoms with Gasteiger partial charge in [0.2, 0.25) is 5.91 Å². The van der Waals surface area contributed by atoms with Gasteiger partial charge in [0.15, 0.2) is 0 Å². The molecule has 0 fully saturated rings. The Bertz CT molecular complexity index is 335. The number of dihydropyridines is 1. The van der Waals surface area contributed by atoms with Gasteiger partial charge in [-0.1, -0.05) is 15.9 Å². The Morgan fingerprint density at radius 3 is 3.20 bits per heavy atom. The summed E-state index contributed by atoms with van der Waals surface area (Å²) in [5.74, 6) is 0.0406. The number of hydrogen-bond acceptors (Lipinski definition) is 2. The zero-order valence-corrected chi connectivity index (χ0v) is 10.4. The van der Waals surface area contributed by atoms with Crippen LogP contribution in [0.25, 0.3) is 0 Å². The first-order valence-electron chi connectivity index (χ1n) is 5.32. The minimum atomic E-state index is 0.0406. The highest BCUT2D eigenvalue weighted by Crippen LogP contribution is 2.32. The van der Waals surface area contributed by atoms with E-state index in [0.717, 1.165) is 25.8 Å². The van der Waals surface area contributed by atoms with Crippen molar-refractivity contribution in [3.05, 3.63) is 11.1 Å². The van der Waals surface area contributed by atoms with Gasteiger partial charge >= 0.3 is 0 Å². The summed E-state index contributed by atoms with van der Waals surface area (Å²) in [5.41, 5.74) is 2.65. The fourth-order valence-electron chi connectivity index (χ4n) is 2.28. The van der Waals surface area contributed by atoms with Gasteiger partial charge in [-0.3, -0.25) is 9.79 Å². The van der Waals surface area contributed by atoms with Crippen LogP contribution in [-0.4, -0.2) is 29.5 Å². The van der Waals surface area contributed by atoms with Crippen LogP contribution in [0, 0.1) is 0 Å². The van der Waals surface area contributed by atoms with Crippen LogP contribution in [0.3, 0.4) is 0 Å². The van der Waals surface area contributed by atoms with Gasteiger partial charge < -0.3 is 5.32 Å². The second kappa shape index (κ2) is 4.47. The smallest absolute Gasteiger partial charge is 0.217 e. The molecule has 2 aliphatic rings. The number of amides is 1. The molecular formula is C11H15BrN2O. The highest BCUT2D eigenvalue weighted by atomic mass is 79.9. The molecule has 0 saturated carbocycles. The normalized spacial score (nSPS) is 30.0. The summed E-state index contributed by atoms with van der Waals surface area (Å²) < 4.78 is 0. The van der Waals surface area contributed by atoms with Crippen LogP contribution in [0.2, 0.25) is 0 Å². The van der Waals surface area contributed by atoms with Crippen LogP contribution >= 0.6 is 15.9 Å². The summed E-state index contributed by atoms with van der Waals surface area (Å²) in [5, 5.41) is 2.99. The topological polar surface area (TPSA) is 41.5 Å². The third-order valence-electron chi connectivity index (χ3n) is 2.94. The fraction of sp³-hybridized carbons (Fsp3) is 0.636. The third-order valence-corrected chi connectivity index (χ3v) is 3.78. The molecule has 0 saturated heterocycles. The van der Waals surface area contributed by atoms with Gasteiger partial charge in [-0.05, 0) is 30.4 Å². The maximum Gasteiger partial charge on any atom is 0.217 e. The van der Waals surface area contributed by atoms with Crippen molar-refractivity contribution in [1.82, 2.24) is 5.32 Å². The minimum absolute atomic E-state index is 0.0406. The number of carbonyl (C=O) groups is 1. The van der Waals surface area contributed by atoms with Crippen molar-refractivity contribution in [1.29, 1.82) is 0 Å². The van der Waals surface area contributed by atoms with Crippen LogP contribution in [0.4, 0.5) is 0 Å². The molecule has 1 N–H and O–H groups in total. The van der Waals surface area contributed by atoms with E-state index >= 15 is 0 Å². The van der Waals surface area contributed by atoms with Crippen molar-refractivity contribution in [3.63, 3.8) is 0 Å². The molecule has 0 spiro atoms. The van der Waals surface area contributed by atoms with Crippen molar-refractivity contribution >= 4 is 28.1 Å². The summed E-state index contributed by atoms with van der Waals surface area (Å²) in [6.45, 7) is 2.39. The van der Waals surface area contributed by atoms with Crippen molar-refractivity contribution < 1.29 is 4.79 Å². The third kappa shape index (κ3) is 2.30. The lowest BCUT2D eigenvalue weighted by Crippen LogP contribution is -2.39. The monoisotopic (exact) mass is 270 g/mol. The molecule has 1 aliphatic carbocycles. The predicted octanol–water partition coefficient (Wildman–Crippen LogP) is 1.82. The van der Waals surface area contributed by atoms with Crippen molar-refractivity contribution in [2.24, 2.45) is 4.99 Å². The van der Waals surface area contributed by atoms with Gasteiger partial charge in [0, 0.05) is 13.1 Å². The van der Waals surface area contributed by atoms with Crippen LogP contribution in [0.5, 0.6) is 0 Å². The maximum absolute atomic E-state index is 11.1. The molecule has 0 bridgehead atoms. The SMILES string of the molecule is CC(=O)NC1CCCC2=C1C=NCC2Br. The van der Waals surface area contributed by atoms with Gasteiger partial charge in [-0.25, -0.2) is 0 Å². The molecule has 1 heterocycles. The summed E-state index contributed by atoms with van der Waals surface area (Å²) in [4.78, 5) is 15.8. The maximum atomic E-state index is 11.1. The van der Waals surface area contributed by atoms with Gasteiger partial charge in [-0.15, -0.1) is 0 Å². The van der Waals surface area contributed by atoms with Crippen molar-refractivity contribution in [2.45, 2.75) is 37.1 Å². The Hall–Kier alpha value is -0.640. The van der Waals surface area contributed by atoms with Gasteiger partial charge in [0.25, 0.3) is 0 Å². The zero-order valence-electron chi connectivity index (χ0n) is 8.79. The molecule has 0 aromatic carbocycles. The predicted molar refractivity (Wildman–Crippen MR) is 64.6 cm³/mol. The highest BCUT2D eigenvalue weighted by Gasteiger charge is 2.27. The number of aliphatic imine (C=N–C) groups is 1.